The van der Waals surface area contributed by atoms with Crippen molar-refractivity contribution in [2.75, 3.05) is 9.80 Å². The highest BCUT2D eigenvalue weighted by Gasteiger charge is 2.56. The first kappa shape index (κ1) is 20.7. The Kier molecular flexibility index (Phi) is 5.49. The number of amides is 2. The molecule has 3 aromatic rings. The molecule has 1 fully saturated rings. The SMILES string of the molecule is CCc1cccc(C2(O)[C@@H](C)N(c3ccc(Cl)cc3)C(=O)N2c2ccc(Cl)cc2)c1. The predicted octanol–water partition coefficient (Wildman–Crippen LogP) is 6.24. The van der Waals surface area contributed by atoms with Gasteiger partial charge in [0.15, 0.2) is 5.72 Å². The molecule has 0 aliphatic carbocycles. The van der Waals surface area contributed by atoms with Crippen LogP contribution < -0.4 is 9.80 Å². The molecule has 1 N–H and O–H groups in total. The molecule has 1 unspecified atom stereocenters. The zero-order valence-corrected chi connectivity index (χ0v) is 18.2. The Balaban J connectivity index is 1.90. The van der Waals surface area contributed by atoms with Crippen LogP contribution in [0.1, 0.15) is 25.0 Å². The summed E-state index contributed by atoms with van der Waals surface area (Å²) in [6, 6.07) is 20.8. The highest BCUT2D eigenvalue weighted by atomic mass is 35.5. The predicted molar refractivity (Wildman–Crippen MR) is 122 cm³/mol. The lowest BCUT2D eigenvalue weighted by Crippen LogP contribution is -2.48. The maximum absolute atomic E-state index is 13.7. The average molecular weight is 441 g/mol. The minimum Gasteiger partial charge on any atom is -0.365 e. The van der Waals surface area contributed by atoms with Gasteiger partial charge in [-0.25, -0.2) is 4.79 Å². The van der Waals surface area contributed by atoms with E-state index in [0.717, 1.165) is 12.0 Å². The van der Waals surface area contributed by atoms with Crippen molar-refractivity contribution in [1.82, 2.24) is 0 Å². The summed E-state index contributed by atoms with van der Waals surface area (Å²) in [6.45, 7) is 3.91. The molecule has 0 spiro atoms. The second-order valence-electron chi connectivity index (χ2n) is 7.40. The number of anilines is 2. The van der Waals surface area contributed by atoms with Crippen molar-refractivity contribution in [2.24, 2.45) is 0 Å². The number of hydrogen-bond donors (Lipinski definition) is 1. The van der Waals surface area contributed by atoms with Crippen molar-refractivity contribution < 1.29 is 9.90 Å². The summed E-state index contributed by atoms with van der Waals surface area (Å²) in [5, 5.41) is 13.2. The maximum Gasteiger partial charge on any atom is 0.332 e. The zero-order valence-electron chi connectivity index (χ0n) is 16.7. The number of halogens is 2. The van der Waals surface area contributed by atoms with Crippen LogP contribution in [0.2, 0.25) is 10.0 Å². The van der Waals surface area contributed by atoms with Crippen molar-refractivity contribution >= 4 is 40.6 Å². The molecule has 6 heteroatoms. The number of aryl methyl sites for hydroxylation is 1. The summed E-state index contributed by atoms with van der Waals surface area (Å²) in [7, 11) is 0. The van der Waals surface area contributed by atoms with Gasteiger partial charge in [-0.15, -0.1) is 0 Å². The van der Waals surface area contributed by atoms with E-state index in [4.69, 9.17) is 23.2 Å². The van der Waals surface area contributed by atoms with E-state index in [0.29, 0.717) is 27.0 Å². The van der Waals surface area contributed by atoms with Crippen molar-refractivity contribution in [3.8, 4) is 0 Å². The van der Waals surface area contributed by atoms with E-state index in [2.05, 4.69) is 6.92 Å². The summed E-state index contributed by atoms with van der Waals surface area (Å²) in [4.78, 5) is 16.7. The van der Waals surface area contributed by atoms with Gasteiger partial charge in [-0.3, -0.25) is 9.80 Å². The lowest BCUT2D eigenvalue weighted by atomic mass is 9.92. The van der Waals surface area contributed by atoms with Crippen LogP contribution in [0.15, 0.2) is 72.8 Å². The summed E-state index contributed by atoms with van der Waals surface area (Å²) in [6.07, 6.45) is 0.827. The zero-order chi connectivity index (χ0) is 21.5. The van der Waals surface area contributed by atoms with E-state index in [9.17, 15) is 9.90 Å². The molecular formula is C24H22Cl2N2O2. The fraction of sp³-hybridized carbons (Fsp3) is 0.208. The summed E-state index contributed by atoms with van der Waals surface area (Å²) in [5.41, 5.74) is 1.40. The van der Waals surface area contributed by atoms with Gasteiger partial charge in [0.2, 0.25) is 0 Å². The van der Waals surface area contributed by atoms with Crippen molar-refractivity contribution in [1.29, 1.82) is 0 Å². The Hall–Kier alpha value is -2.53. The topological polar surface area (TPSA) is 43.8 Å². The van der Waals surface area contributed by atoms with Crippen LogP contribution in [-0.4, -0.2) is 17.2 Å². The van der Waals surface area contributed by atoms with E-state index < -0.39 is 11.8 Å². The Morgan fingerprint density at radius 2 is 1.50 bits per heavy atom. The van der Waals surface area contributed by atoms with Gasteiger partial charge in [0.05, 0.1) is 6.04 Å². The standard InChI is InChI=1S/C24H22Cl2N2O2/c1-3-17-5-4-6-18(15-17)24(30)16(2)27(21-11-7-19(25)8-12-21)23(29)28(24)22-13-9-20(26)10-14-22/h4-16,30H,3H2,1-2H3/t16-,24?/m1/s1. The monoisotopic (exact) mass is 440 g/mol. The normalized spacial score (nSPS) is 21.4. The summed E-state index contributed by atoms with van der Waals surface area (Å²) >= 11 is 12.1. The van der Waals surface area contributed by atoms with E-state index in [1.807, 2.05) is 31.2 Å². The molecule has 1 heterocycles. The number of nitrogens with zero attached hydrogens (tertiary/aromatic N) is 2. The fourth-order valence-corrected chi connectivity index (χ4v) is 4.26. The van der Waals surface area contributed by atoms with Gasteiger partial charge in [-0.1, -0.05) is 54.4 Å². The van der Waals surface area contributed by atoms with Gasteiger partial charge in [-0.05, 0) is 67.4 Å². The molecule has 3 aromatic carbocycles. The number of urea groups is 1. The number of hydrogen-bond acceptors (Lipinski definition) is 2. The molecule has 0 aromatic heterocycles. The third-order valence-electron chi connectivity index (χ3n) is 5.66. The van der Waals surface area contributed by atoms with Gasteiger partial charge in [0.25, 0.3) is 0 Å². The van der Waals surface area contributed by atoms with Gasteiger partial charge in [0, 0.05) is 27.0 Å². The third-order valence-corrected chi connectivity index (χ3v) is 6.16. The molecule has 4 rings (SSSR count). The van der Waals surface area contributed by atoms with Crippen molar-refractivity contribution in [2.45, 2.75) is 32.0 Å². The minimum absolute atomic E-state index is 0.323. The molecule has 0 bridgehead atoms. The Morgan fingerprint density at radius 1 is 0.933 bits per heavy atom. The number of rotatable bonds is 4. The van der Waals surface area contributed by atoms with Crippen LogP contribution in [0, 0.1) is 0 Å². The first-order valence-corrected chi connectivity index (χ1v) is 10.6. The van der Waals surface area contributed by atoms with Gasteiger partial charge < -0.3 is 5.11 Å². The smallest absolute Gasteiger partial charge is 0.332 e. The van der Waals surface area contributed by atoms with Crippen molar-refractivity contribution in [3.05, 3.63) is 94.0 Å². The summed E-state index contributed by atoms with van der Waals surface area (Å²) in [5.74, 6) is 0. The lowest BCUT2D eigenvalue weighted by molar-refractivity contribution is 0.0371. The molecule has 0 saturated carbocycles. The maximum atomic E-state index is 13.7. The van der Waals surface area contributed by atoms with Crippen molar-refractivity contribution in [3.63, 3.8) is 0 Å². The van der Waals surface area contributed by atoms with Gasteiger partial charge in [0.1, 0.15) is 0 Å². The van der Waals surface area contributed by atoms with E-state index in [1.54, 1.807) is 53.4 Å². The molecule has 1 aliphatic rings. The largest absolute Gasteiger partial charge is 0.365 e. The molecule has 2 amide bonds. The second kappa shape index (κ2) is 7.95. The van der Waals surface area contributed by atoms with Crippen LogP contribution in [0.4, 0.5) is 16.2 Å². The number of aliphatic hydroxyl groups is 1. The van der Waals surface area contributed by atoms with E-state index >= 15 is 0 Å². The molecule has 4 nitrogen and oxygen atoms in total. The Bertz CT molecular complexity index is 1070. The molecule has 1 aliphatic heterocycles. The first-order chi connectivity index (χ1) is 14.4. The average Bonchev–Trinajstić information content (AvgIpc) is 2.96. The van der Waals surface area contributed by atoms with E-state index in [1.165, 1.54) is 4.90 Å². The van der Waals surface area contributed by atoms with Crippen LogP contribution in [0.5, 0.6) is 0 Å². The van der Waals surface area contributed by atoms with Crippen LogP contribution >= 0.6 is 23.2 Å². The second-order valence-corrected chi connectivity index (χ2v) is 8.27. The first-order valence-electron chi connectivity index (χ1n) is 9.82. The highest BCUT2D eigenvalue weighted by Crippen LogP contribution is 2.44. The molecular weight excluding hydrogens is 419 g/mol. The van der Waals surface area contributed by atoms with Crippen LogP contribution in [-0.2, 0) is 12.1 Å². The Morgan fingerprint density at radius 3 is 2.07 bits per heavy atom. The van der Waals surface area contributed by atoms with E-state index in [-0.39, 0.29) is 6.03 Å². The van der Waals surface area contributed by atoms with Gasteiger partial charge >= 0.3 is 6.03 Å². The number of benzene rings is 3. The number of carbonyl (C=O) groups excluding carboxylic acids is 1. The highest BCUT2D eigenvalue weighted by molar-refractivity contribution is 6.31. The quantitative estimate of drug-likeness (QED) is 0.521. The van der Waals surface area contributed by atoms with Gasteiger partial charge in [-0.2, -0.15) is 0 Å². The molecule has 0 radical (unpaired) electrons. The van der Waals surface area contributed by atoms with Crippen LogP contribution in [0.25, 0.3) is 0 Å². The summed E-state index contributed by atoms with van der Waals surface area (Å²) < 4.78 is 0. The Labute approximate surface area is 186 Å². The molecule has 1 saturated heterocycles. The molecule has 154 valence electrons. The fourth-order valence-electron chi connectivity index (χ4n) is 4.01. The molecule has 2 atom stereocenters. The van der Waals surface area contributed by atoms with Crippen LogP contribution in [0.3, 0.4) is 0 Å². The molecule has 30 heavy (non-hydrogen) atoms. The lowest BCUT2D eigenvalue weighted by Gasteiger charge is -2.36. The third kappa shape index (κ3) is 3.35. The minimum atomic E-state index is -1.57. The number of carbonyl (C=O) groups is 1.